The Hall–Kier alpha value is -1.35. The number of likely N-dealkylation sites (N-methyl/N-ethyl adjacent to an activating group) is 2. The lowest BCUT2D eigenvalue weighted by molar-refractivity contribution is 0.0988. The molecule has 0 aromatic heterocycles. The smallest absolute Gasteiger partial charge is 0.164 e. The van der Waals surface area contributed by atoms with Crippen molar-refractivity contribution in [1.82, 2.24) is 4.90 Å². The van der Waals surface area contributed by atoms with Crippen LogP contribution in [-0.4, -0.2) is 43.9 Å². The molecular weight excluding hydrogens is 236 g/mol. The van der Waals surface area contributed by atoms with Crippen LogP contribution in [0.5, 0.6) is 0 Å². The first-order valence-corrected chi connectivity index (χ1v) is 7.17. The minimum atomic E-state index is 0.228. The van der Waals surface area contributed by atoms with E-state index in [1.165, 1.54) is 19.4 Å². The van der Waals surface area contributed by atoms with Gasteiger partial charge < -0.3 is 9.80 Å². The minimum Gasteiger partial charge on any atom is -0.370 e. The van der Waals surface area contributed by atoms with Crippen LogP contribution in [0.3, 0.4) is 0 Å². The highest BCUT2D eigenvalue weighted by Crippen LogP contribution is 2.25. The van der Waals surface area contributed by atoms with Crippen molar-refractivity contribution in [2.24, 2.45) is 0 Å². The third-order valence-corrected chi connectivity index (χ3v) is 4.05. The van der Waals surface area contributed by atoms with Gasteiger partial charge in [-0.15, -0.1) is 0 Å². The molecule has 0 amide bonds. The standard InChI is InChI=1S/C16H24N2O/c1-4-16(19)14-9-5-6-10-15(14)18(3)13-8-7-11-17(2)12-13/h5-6,9-10,13H,4,7-8,11-12H2,1-3H3. The zero-order valence-electron chi connectivity index (χ0n) is 12.2. The molecule has 0 radical (unpaired) electrons. The molecule has 1 fully saturated rings. The van der Waals surface area contributed by atoms with E-state index in [0.717, 1.165) is 17.8 Å². The van der Waals surface area contributed by atoms with Crippen molar-refractivity contribution < 1.29 is 4.79 Å². The van der Waals surface area contributed by atoms with Crippen molar-refractivity contribution in [2.45, 2.75) is 32.2 Å². The molecule has 1 aliphatic heterocycles. The number of benzene rings is 1. The molecule has 1 aliphatic rings. The van der Waals surface area contributed by atoms with Gasteiger partial charge in [0.1, 0.15) is 0 Å². The van der Waals surface area contributed by atoms with Gasteiger partial charge in [0, 0.05) is 37.3 Å². The van der Waals surface area contributed by atoms with E-state index < -0.39 is 0 Å². The van der Waals surface area contributed by atoms with Gasteiger partial charge in [-0.1, -0.05) is 19.1 Å². The van der Waals surface area contributed by atoms with Gasteiger partial charge in [-0.05, 0) is 38.6 Å². The van der Waals surface area contributed by atoms with E-state index in [4.69, 9.17) is 0 Å². The Labute approximate surface area is 116 Å². The molecule has 1 unspecified atom stereocenters. The summed E-state index contributed by atoms with van der Waals surface area (Å²) < 4.78 is 0. The van der Waals surface area contributed by atoms with Gasteiger partial charge in [0.05, 0.1) is 0 Å². The Bertz CT molecular complexity index is 444. The van der Waals surface area contributed by atoms with E-state index in [2.05, 4.69) is 30.0 Å². The number of nitrogens with zero attached hydrogens (tertiary/aromatic N) is 2. The monoisotopic (exact) mass is 260 g/mol. The van der Waals surface area contributed by atoms with E-state index in [9.17, 15) is 4.79 Å². The second-order valence-corrected chi connectivity index (χ2v) is 5.46. The average molecular weight is 260 g/mol. The maximum atomic E-state index is 12.0. The fourth-order valence-electron chi connectivity index (χ4n) is 2.86. The fourth-order valence-corrected chi connectivity index (χ4v) is 2.86. The lowest BCUT2D eigenvalue weighted by Crippen LogP contribution is -2.45. The number of para-hydroxylation sites is 1. The number of likely N-dealkylation sites (tertiary alicyclic amines) is 1. The van der Waals surface area contributed by atoms with Gasteiger partial charge in [-0.25, -0.2) is 0 Å². The summed E-state index contributed by atoms with van der Waals surface area (Å²) in [5, 5.41) is 0. The van der Waals surface area contributed by atoms with Crippen LogP contribution in [0.15, 0.2) is 24.3 Å². The zero-order chi connectivity index (χ0) is 13.8. The van der Waals surface area contributed by atoms with Crippen LogP contribution in [0.4, 0.5) is 5.69 Å². The first-order chi connectivity index (χ1) is 9.13. The number of carbonyl (C=O) groups is 1. The first kappa shape index (κ1) is 14.1. The normalized spacial score (nSPS) is 20.3. The van der Waals surface area contributed by atoms with Crippen LogP contribution in [0.1, 0.15) is 36.5 Å². The summed E-state index contributed by atoms with van der Waals surface area (Å²) in [6, 6.07) is 8.49. The average Bonchev–Trinajstić information content (AvgIpc) is 2.45. The van der Waals surface area contributed by atoms with Gasteiger partial charge in [0.2, 0.25) is 0 Å². The maximum absolute atomic E-state index is 12.0. The number of rotatable bonds is 4. The van der Waals surface area contributed by atoms with Crippen LogP contribution in [0.25, 0.3) is 0 Å². The van der Waals surface area contributed by atoms with Crippen molar-refractivity contribution in [3.8, 4) is 0 Å². The SMILES string of the molecule is CCC(=O)c1ccccc1N(C)C1CCCN(C)C1. The quantitative estimate of drug-likeness (QED) is 0.778. The van der Waals surface area contributed by atoms with Crippen LogP contribution in [0.2, 0.25) is 0 Å². The molecule has 3 heteroatoms. The summed E-state index contributed by atoms with van der Waals surface area (Å²) in [6.07, 6.45) is 3.00. The minimum absolute atomic E-state index is 0.228. The Morgan fingerprint density at radius 3 is 2.84 bits per heavy atom. The van der Waals surface area contributed by atoms with Gasteiger partial charge in [-0.2, -0.15) is 0 Å². The Morgan fingerprint density at radius 2 is 2.16 bits per heavy atom. The molecule has 0 saturated carbocycles. The molecule has 3 nitrogen and oxygen atoms in total. The second-order valence-electron chi connectivity index (χ2n) is 5.46. The van der Waals surface area contributed by atoms with Crippen molar-refractivity contribution in [3.05, 3.63) is 29.8 Å². The molecule has 0 spiro atoms. The molecular formula is C16H24N2O. The molecule has 0 N–H and O–H groups in total. The summed E-state index contributed by atoms with van der Waals surface area (Å²) >= 11 is 0. The zero-order valence-corrected chi connectivity index (χ0v) is 12.2. The Kier molecular flexibility index (Phi) is 4.59. The lowest BCUT2D eigenvalue weighted by atomic mass is 10.0. The highest BCUT2D eigenvalue weighted by Gasteiger charge is 2.23. The fraction of sp³-hybridized carbons (Fsp3) is 0.562. The summed E-state index contributed by atoms with van der Waals surface area (Å²) in [6.45, 7) is 4.18. The van der Waals surface area contributed by atoms with E-state index in [0.29, 0.717) is 12.5 Å². The topological polar surface area (TPSA) is 23.6 Å². The molecule has 1 heterocycles. The predicted octanol–water partition coefficient (Wildman–Crippen LogP) is 2.81. The van der Waals surface area contributed by atoms with Gasteiger partial charge >= 0.3 is 0 Å². The summed E-state index contributed by atoms with van der Waals surface area (Å²) in [4.78, 5) is 16.7. The van der Waals surface area contributed by atoms with Crippen LogP contribution in [-0.2, 0) is 0 Å². The lowest BCUT2D eigenvalue weighted by Gasteiger charge is -2.37. The molecule has 0 aliphatic carbocycles. The molecule has 1 saturated heterocycles. The van der Waals surface area contributed by atoms with E-state index >= 15 is 0 Å². The molecule has 2 rings (SSSR count). The predicted molar refractivity (Wildman–Crippen MR) is 80.0 cm³/mol. The first-order valence-electron chi connectivity index (χ1n) is 7.17. The van der Waals surface area contributed by atoms with E-state index in [-0.39, 0.29) is 5.78 Å². The van der Waals surface area contributed by atoms with Crippen molar-refractivity contribution in [3.63, 3.8) is 0 Å². The van der Waals surface area contributed by atoms with Crippen LogP contribution in [0, 0.1) is 0 Å². The largest absolute Gasteiger partial charge is 0.370 e. The molecule has 1 aromatic rings. The molecule has 1 atom stereocenters. The maximum Gasteiger partial charge on any atom is 0.164 e. The number of hydrogen-bond donors (Lipinski definition) is 0. The number of ketones is 1. The van der Waals surface area contributed by atoms with Crippen molar-refractivity contribution in [1.29, 1.82) is 0 Å². The van der Waals surface area contributed by atoms with Gasteiger partial charge in [0.15, 0.2) is 5.78 Å². The molecule has 19 heavy (non-hydrogen) atoms. The summed E-state index contributed by atoms with van der Waals surface area (Å²) in [5.41, 5.74) is 1.94. The third kappa shape index (κ3) is 3.16. The highest BCUT2D eigenvalue weighted by molar-refractivity contribution is 6.01. The summed E-state index contributed by atoms with van der Waals surface area (Å²) in [7, 11) is 4.29. The number of anilines is 1. The molecule has 0 bridgehead atoms. The highest BCUT2D eigenvalue weighted by atomic mass is 16.1. The van der Waals surface area contributed by atoms with E-state index in [1.54, 1.807) is 0 Å². The second kappa shape index (κ2) is 6.20. The van der Waals surface area contributed by atoms with Crippen LogP contribution >= 0.6 is 0 Å². The third-order valence-electron chi connectivity index (χ3n) is 4.05. The van der Waals surface area contributed by atoms with Gasteiger partial charge in [0.25, 0.3) is 0 Å². The number of carbonyl (C=O) groups excluding carboxylic acids is 1. The number of Topliss-reactive ketones (excluding diaryl/α,β-unsaturated/α-hetero) is 1. The van der Waals surface area contributed by atoms with Crippen molar-refractivity contribution in [2.75, 3.05) is 32.1 Å². The van der Waals surface area contributed by atoms with E-state index in [1.807, 2.05) is 25.1 Å². The Balaban J connectivity index is 2.23. The molecule has 1 aromatic carbocycles. The summed E-state index contributed by atoms with van der Waals surface area (Å²) in [5.74, 6) is 0.228. The number of hydrogen-bond acceptors (Lipinski definition) is 3. The van der Waals surface area contributed by atoms with Gasteiger partial charge in [-0.3, -0.25) is 4.79 Å². The van der Waals surface area contributed by atoms with Crippen LogP contribution < -0.4 is 4.90 Å². The van der Waals surface area contributed by atoms with Crippen molar-refractivity contribution >= 4 is 11.5 Å². The number of piperidine rings is 1. The Morgan fingerprint density at radius 1 is 1.42 bits per heavy atom. The molecule has 104 valence electrons.